The zero-order chi connectivity index (χ0) is 14.1. The van der Waals surface area contributed by atoms with Crippen LogP contribution in [0.3, 0.4) is 0 Å². The van der Waals surface area contributed by atoms with Crippen molar-refractivity contribution in [1.29, 1.82) is 0 Å². The number of aromatic nitrogens is 1. The molecule has 1 aliphatic rings. The van der Waals surface area contributed by atoms with Crippen molar-refractivity contribution in [1.82, 2.24) is 10.3 Å². The first-order valence-electron chi connectivity index (χ1n) is 7.08. The fraction of sp³-hybridized carbons (Fsp3) is 0.800. The van der Waals surface area contributed by atoms with Crippen molar-refractivity contribution in [3.63, 3.8) is 0 Å². The standard InChI is InChI=1S/C15H26N2OS/c1-11-9-19-13(17-11)8-15(6-7-18-12(15)2)10-16-14(3,4)5/h9,12,16H,6-8,10H2,1-5H3. The maximum Gasteiger partial charge on any atom is 0.0935 e. The fourth-order valence-electron chi connectivity index (χ4n) is 2.57. The molecule has 0 spiro atoms. The number of aryl methyl sites for hydroxylation is 1. The van der Waals surface area contributed by atoms with Gasteiger partial charge in [-0.1, -0.05) is 0 Å². The molecule has 2 heterocycles. The largest absolute Gasteiger partial charge is 0.378 e. The smallest absolute Gasteiger partial charge is 0.0935 e. The lowest BCUT2D eigenvalue weighted by Crippen LogP contribution is -2.47. The van der Waals surface area contributed by atoms with Crippen LogP contribution in [0.2, 0.25) is 0 Å². The van der Waals surface area contributed by atoms with Crippen LogP contribution < -0.4 is 5.32 Å². The highest BCUT2D eigenvalue weighted by atomic mass is 32.1. The van der Waals surface area contributed by atoms with Gasteiger partial charge in [0.15, 0.2) is 0 Å². The van der Waals surface area contributed by atoms with Gasteiger partial charge in [0.05, 0.1) is 11.1 Å². The Bertz CT molecular complexity index is 424. The van der Waals surface area contributed by atoms with Crippen LogP contribution in [0.4, 0.5) is 0 Å². The topological polar surface area (TPSA) is 34.1 Å². The van der Waals surface area contributed by atoms with Crippen LogP contribution >= 0.6 is 11.3 Å². The summed E-state index contributed by atoms with van der Waals surface area (Å²) >= 11 is 1.78. The number of hydrogen-bond acceptors (Lipinski definition) is 4. The maximum atomic E-state index is 5.85. The third-order valence-electron chi connectivity index (χ3n) is 3.97. The molecule has 0 radical (unpaired) electrons. The Kier molecular flexibility index (Phi) is 4.33. The van der Waals surface area contributed by atoms with Gasteiger partial charge >= 0.3 is 0 Å². The van der Waals surface area contributed by atoms with E-state index >= 15 is 0 Å². The van der Waals surface area contributed by atoms with Gasteiger partial charge in [0.2, 0.25) is 0 Å². The second-order valence-electron chi connectivity index (χ2n) is 6.79. The van der Waals surface area contributed by atoms with Crippen molar-refractivity contribution in [3.05, 3.63) is 16.1 Å². The minimum absolute atomic E-state index is 0.147. The maximum absolute atomic E-state index is 5.85. The minimum atomic E-state index is 0.147. The molecule has 0 aliphatic carbocycles. The van der Waals surface area contributed by atoms with Crippen molar-refractivity contribution >= 4 is 11.3 Å². The van der Waals surface area contributed by atoms with Gasteiger partial charge in [-0.15, -0.1) is 11.3 Å². The van der Waals surface area contributed by atoms with Gasteiger partial charge in [-0.25, -0.2) is 4.98 Å². The minimum Gasteiger partial charge on any atom is -0.378 e. The molecule has 1 fully saturated rings. The highest BCUT2D eigenvalue weighted by molar-refractivity contribution is 7.09. The predicted octanol–water partition coefficient (Wildman–Crippen LogP) is 3.18. The number of rotatable bonds is 4. The second-order valence-corrected chi connectivity index (χ2v) is 7.73. The average Bonchev–Trinajstić information content (AvgIpc) is 2.84. The Morgan fingerprint density at radius 1 is 1.53 bits per heavy atom. The van der Waals surface area contributed by atoms with E-state index < -0.39 is 0 Å². The molecule has 1 N–H and O–H groups in total. The molecule has 4 heteroatoms. The Labute approximate surface area is 120 Å². The van der Waals surface area contributed by atoms with E-state index in [1.165, 1.54) is 5.01 Å². The van der Waals surface area contributed by atoms with E-state index in [-0.39, 0.29) is 11.0 Å². The summed E-state index contributed by atoms with van der Waals surface area (Å²) in [6, 6.07) is 0. The Morgan fingerprint density at radius 3 is 2.74 bits per heavy atom. The van der Waals surface area contributed by atoms with E-state index in [2.05, 4.69) is 50.3 Å². The van der Waals surface area contributed by atoms with Crippen molar-refractivity contribution in [2.24, 2.45) is 5.41 Å². The zero-order valence-corrected chi connectivity index (χ0v) is 13.6. The number of thiazole rings is 1. The molecule has 108 valence electrons. The van der Waals surface area contributed by atoms with Crippen molar-refractivity contribution < 1.29 is 4.74 Å². The summed E-state index contributed by atoms with van der Waals surface area (Å²) in [5.74, 6) is 0. The molecule has 1 aliphatic heterocycles. The molecule has 0 aromatic carbocycles. The van der Waals surface area contributed by atoms with E-state index in [0.29, 0.717) is 6.10 Å². The van der Waals surface area contributed by atoms with Crippen LogP contribution in [0.25, 0.3) is 0 Å². The van der Waals surface area contributed by atoms with Gasteiger partial charge in [-0.05, 0) is 41.0 Å². The second kappa shape index (κ2) is 5.51. The van der Waals surface area contributed by atoms with Crippen LogP contribution in [0.15, 0.2) is 5.38 Å². The average molecular weight is 282 g/mol. The summed E-state index contributed by atoms with van der Waals surface area (Å²) in [4.78, 5) is 4.63. The number of nitrogens with zero attached hydrogens (tertiary/aromatic N) is 1. The molecule has 1 saturated heterocycles. The number of ether oxygens (including phenoxy) is 1. The first-order chi connectivity index (χ1) is 8.81. The lowest BCUT2D eigenvalue weighted by Gasteiger charge is -2.35. The Hall–Kier alpha value is -0.450. The molecule has 0 saturated carbocycles. The fourth-order valence-corrected chi connectivity index (χ4v) is 3.50. The summed E-state index contributed by atoms with van der Waals surface area (Å²) in [6.45, 7) is 12.8. The molecular weight excluding hydrogens is 256 g/mol. The van der Waals surface area contributed by atoms with Crippen LogP contribution in [-0.2, 0) is 11.2 Å². The highest BCUT2D eigenvalue weighted by Gasteiger charge is 2.42. The summed E-state index contributed by atoms with van der Waals surface area (Å²) in [5.41, 5.74) is 1.47. The molecule has 1 aromatic rings. The van der Waals surface area contributed by atoms with Crippen LogP contribution in [-0.4, -0.2) is 29.8 Å². The third kappa shape index (κ3) is 3.77. The zero-order valence-electron chi connectivity index (χ0n) is 12.7. The first kappa shape index (κ1) is 14.9. The molecule has 2 atom stereocenters. The van der Waals surface area contributed by atoms with Gasteiger partial charge in [0, 0.05) is 41.6 Å². The van der Waals surface area contributed by atoms with Crippen molar-refractivity contribution in [2.45, 2.75) is 59.1 Å². The van der Waals surface area contributed by atoms with Gasteiger partial charge in [0.25, 0.3) is 0 Å². The van der Waals surface area contributed by atoms with E-state index in [9.17, 15) is 0 Å². The monoisotopic (exact) mass is 282 g/mol. The molecule has 2 rings (SSSR count). The van der Waals surface area contributed by atoms with Crippen molar-refractivity contribution in [2.75, 3.05) is 13.2 Å². The summed E-state index contributed by atoms with van der Waals surface area (Å²) in [7, 11) is 0. The molecule has 2 unspecified atom stereocenters. The van der Waals surface area contributed by atoms with Gasteiger partial charge in [-0.3, -0.25) is 0 Å². The molecule has 19 heavy (non-hydrogen) atoms. The van der Waals surface area contributed by atoms with E-state index in [4.69, 9.17) is 4.74 Å². The predicted molar refractivity (Wildman–Crippen MR) is 80.8 cm³/mol. The van der Waals surface area contributed by atoms with Gasteiger partial charge in [-0.2, -0.15) is 0 Å². The number of hydrogen-bond donors (Lipinski definition) is 1. The van der Waals surface area contributed by atoms with Gasteiger partial charge < -0.3 is 10.1 Å². The summed E-state index contributed by atoms with van der Waals surface area (Å²) in [5, 5.41) is 7.04. The highest BCUT2D eigenvalue weighted by Crippen LogP contribution is 2.38. The van der Waals surface area contributed by atoms with E-state index in [0.717, 1.165) is 31.7 Å². The lowest BCUT2D eigenvalue weighted by molar-refractivity contribution is 0.0597. The molecular formula is C15H26N2OS. The van der Waals surface area contributed by atoms with Crippen LogP contribution in [0.1, 0.15) is 44.8 Å². The van der Waals surface area contributed by atoms with Crippen LogP contribution in [0.5, 0.6) is 0 Å². The molecule has 1 aromatic heterocycles. The summed E-state index contributed by atoms with van der Waals surface area (Å²) < 4.78 is 5.85. The summed E-state index contributed by atoms with van der Waals surface area (Å²) in [6.07, 6.45) is 2.44. The van der Waals surface area contributed by atoms with E-state index in [1.54, 1.807) is 11.3 Å². The lowest BCUT2D eigenvalue weighted by atomic mass is 9.78. The third-order valence-corrected chi connectivity index (χ3v) is 4.94. The van der Waals surface area contributed by atoms with E-state index in [1.807, 2.05) is 0 Å². The molecule has 0 amide bonds. The number of nitrogens with one attached hydrogen (secondary N) is 1. The van der Waals surface area contributed by atoms with Gasteiger partial charge in [0.1, 0.15) is 0 Å². The quantitative estimate of drug-likeness (QED) is 0.921. The Morgan fingerprint density at radius 2 is 2.26 bits per heavy atom. The first-order valence-corrected chi connectivity index (χ1v) is 7.96. The SMILES string of the molecule is Cc1csc(CC2(CNC(C)(C)C)CCOC2C)n1. The van der Waals surface area contributed by atoms with Crippen molar-refractivity contribution in [3.8, 4) is 0 Å². The Balaban J connectivity index is 2.11. The van der Waals surface area contributed by atoms with Crippen LogP contribution in [0, 0.1) is 12.3 Å². The molecule has 0 bridgehead atoms. The normalized spacial score (nSPS) is 27.9. The molecule has 3 nitrogen and oxygen atoms in total.